The lowest BCUT2D eigenvalue weighted by Crippen LogP contribution is -2.27. The number of rotatable bonds is 6. The van der Waals surface area contributed by atoms with E-state index in [9.17, 15) is 4.79 Å². The van der Waals surface area contributed by atoms with Crippen LogP contribution in [0, 0.1) is 0 Å². The van der Waals surface area contributed by atoms with Crippen molar-refractivity contribution < 1.29 is 9.53 Å². The molecule has 0 unspecified atom stereocenters. The Labute approximate surface area is 139 Å². The number of methoxy groups -OCH3 is 1. The van der Waals surface area contributed by atoms with Crippen LogP contribution >= 0.6 is 23.2 Å². The van der Waals surface area contributed by atoms with E-state index in [4.69, 9.17) is 27.9 Å². The number of carbonyl (C=O) groups excluding carboxylic acids is 1. The third kappa shape index (κ3) is 4.91. The summed E-state index contributed by atoms with van der Waals surface area (Å²) < 4.78 is 5.06. The highest BCUT2D eigenvalue weighted by molar-refractivity contribution is 6.32. The molecule has 2 N–H and O–H groups in total. The monoisotopic (exact) mass is 338 g/mol. The van der Waals surface area contributed by atoms with Gasteiger partial charge >= 0.3 is 0 Å². The van der Waals surface area contributed by atoms with Crippen molar-refractivity contribution in [3.05, 3.63) is 58.1 Å². The summed E-state index contributed by atoms with van der Waals surface area (Å²) in [5, 5.41) is 6.98. The highest BCUT2D eigenvalue weighted by atomic mass is 35.5. The van der Waals surface area contributed by atoms with Crippen molar-refractivity contribution in [1.82, 2.24) is 5.32 Å². The van der Waals surface area contributed by atoms with Crippen LogP contribution in [0.25, 0.3) is 0 Å². The highest BCUT2D eigenvalue weighted by Crippen LogP contribution is 2.27. The molecule has 0 saturated heterocycles. The van der Waals surface area contributed by atoms with Crippen LogP contribution in [0.15, 0.2) is 42.5 Å². The topological polar surface area (TPSA) is 50.4 Å². The number of ether oxygens (including phenoxy) is 1. The van der Waals surface area contributed by atoms with E-state index in [1.807, 2.05) is 24.3 Å². The summed E-state index contributed by atoms with van der Waals surface area (Å²) in [6.45, 7) is 0.792. The Balaban J connectivity index is 1.80. The SMILES string of the molecule is COc1ccc(NC(=O)CNCc2ccc(Cl)cc2)cc1Cl. The lowest BCUT2D eigenvalue weighted by atomic mass is 10.2. The summed E-state index contributed by atoms with van der Waals surface area (Å²) in [6, 6.07) is 12.6. The summed E-state index contributed by atoms with van der Waals surface area (Å²) >= 11 is 11.8. The molecule has 1 amide bonds. The molecule has 0 aliphatic carbocycles. The first kappa shape index (κ1) is 16.6. The molecule has 2 aromatic rings. The Morgan fingerprint density at radius 3 is 2.50 bits per heavy atom. The molecule has 0 bridgehead atoms. The molecule has 0 fully saturated rings. The van der Waals surface area contributed by atoms with Crippen molar-refractivity contribution in [3.63, 3.8) is 0 Å². The predicted molar refractivity (Wildman–Crippen MR) is 89.8 cm³/mol. The van der Waals surface area contributed by atoms with E-state index in [0.717, 1.165) is 5.56 Å². The number of anilines is 1. The number of hydrogen-bond donors (Lipinski definition) is 2. The average Bonchev–Trinajstić information content (AvgIpc) is 2.49. The predicted octanol–water partition coefficient (Wildman–Crippen LogP) is 3.73. The zero-order chi connectivity index (χ0) is 15.9. The third-order valence-corrected chi connectivity index (χ3v) is 3.51. The van der Waals surface area contributed by atoms with Crippen LogP contribution in [0.3, 0.4) is 0 Å². The van der Waals surface area contributed by atoms with Gasteiger partial charge in [-0.1, -0.05) is 35.3 Å². The molecule has 0 radical (unpaired) electrons. The molecule has 0 aromatic heterocycles. The van der Waals surface area contributed by atoms with Crippen molar-refractivity contribution in [3.8, 4) is 5.75 Å². The number of hydrogen-bond acceptors (Lipinski definition) is 3. The minimum Gasteiger partial charge on any atom is -0.495 e. The van der Waals surface area contributed by atoms with Crippen LogP contribution in [0.1, 0.15) is 5.56 Å². The first-order valence-electron chi connectivity index (χ1n) is 6.67. The largest absolute Gasteiger partial charge is 0.495 e. The molecule has 0 aliphatic rings. The van der Waals surface area contributed by atoms with Crippen LogP contribution in [0.4, 0.5) is 5.69 Å². The van der Waals surface area contributed by atoms with Gasteiger partial charge in [0.05, 0.1) is 18.7 Å². The molecule has 22 heavy (non-hydrogen) atoms. The van der Waals surface area contributed by atoms with Crippen LogP contribution in [-0.2, 0) is 11.3 Å². The van der Waals surface area contributed by atoms with Crippen LogP contribution in [0.5, 0.6) is 5.75 Å². The van der Waals surface area contributed by atoms with E-state index in [1.54, 1.807) is 25.3 Å². The minimum absolute atomic E-state index is 0.143. The lowest BCUT2D eigenvalue weighted by Gasteiger charge is -2.09. The maximum absolute atomic E-state index is 11.9. The fourth-order valence-electron chi connectivity index (χ4n) is 1.87. The van der Waals surface area contributed by atoms with Gasteiger partial charge in [-0.2, -0.15) is 0 Å². The van der Waals surface area contributed by atoms with Crippen molar-refractivity contribution in [2.45, 2.75) is 6.54 Å². The second kappa shape index (κ2) is 8.03. The summed E-state index contributed by atoms with van der Waals surface area (Å²) in [5.74, 6) is 0.427. The maximum Gasteiger partial charge on any atom is 0.238 e. The fourth-order valence-corrected chi connectivity index (χ4v) is 2.26. The van der Waals surface area contributed by atoms with Gasteiger partial charge in [-0.15, -0.1) is 0 Å². The van der Waals surface area contributed by atoms with Crippen molar-refractivity contribution in [2.75, 3.05) is 19.0 Å². The summed E-state index contributed by atoms with van der Waals surface area (Å²) in [5.41, 5.74) is 1.69. The zero-order valence-electron chi connectivity index (χ0n) is 12.0. The van der Waals surface area contributed by atoms with E-state index in [0.29, 0.717) is 28.0 Å². The molecule has 6 heteroatoms. The number of amides is 1. The van der Waals surface area contributed by atoms with E-state index in [2.05, 4.69) is 10.6 Å². The average molecular weight is 339 g/mol. The lowest BCUT2D eigenvalue weighted by molar-refractivity contribution is -0.115. The Morgan fingerprint density at radius 2 is 1.86 bits per heavy atom. The van der Waals surface area contributed by atoms with Gasteiger partial charge in [0.1, 0.15) is 5.75 Å². The van der Waals surface area contributed by atoms with Gasteiger partial charge in [0.2, 0.25) is 5.91 Å². The normalized spacial score (nSPS) is 10.3. The van der Waals surface area contributed by atoms with Crippen LogP contribution in [0.2, 0.25) is 10.0 Å². The molecule has 0 atom stereocenters. The van der Waals surface area contributed by atoms with Crippen molar-refractivity contribution in [2.24, 2.45) is 0 Å². The van der Waals surface area contributed by atoms with Gasteiger partial charge in [-0.25, -0.2) is 0 Å². The summed E-state index contributed by atoms with van der Waals surface area (Å²) in [6.07, 6.45) is 0. The fraction of sp³-hybridized carbons (Fsp3) is 0.188. The standard InChI is InChI=1S/C16H16Cl2N2O2/c1-22-15-7-6-13(8-14(15)18)20-16(21)10-19-9-11-2-4-12(17)5-3-11/h2-8,19H,9-10H2,1H3,(H,20,21). The van der Waals surface area contributed by atoms with Gasteiger partial charge < -0.3 is 15.4 Å². The molecule has 2 aromatic carbocycles. The summed E-state index contributed by atoms with van der Waals surface area (Å²) in [4.78, 5) is 11.9. The van der Waals surface area contributed by atoms with Crippen molar-refractivity contribution >= 4 is 34.8 Å². The van der Waals surface area contributed by atoms with Crippen LogP contribution < -0.4 is 15.4 Å². The Morgan fingerprint density at radius 1 is 1.14 bits per heavy atom. The van der Waals surface area contributed by atoms with Gasteiger partial charge in [-0.3, -0.25) is 4.79 Å². The van der Waals surface area contributed by atoms with E-state index >= 15 is 0 Å². The molecular formula is C16H16Cl2N2O2. The van der Waals surface area contributed by atoms with Gasteiger partial charge in [-0.05, 0) is 35.9 Å². The molecule has 4 nitrogen and oxygen atoms in total. The molecule has 0 heterocycles. The van der Waals surface area contributed by atoms with E-state index in [-0.39, 0.29) is 12.5 Å². The number of benzene rings is 2. The summed E-state index contributed by atoms with van der Waals surface area (Å²) in [7, 11) is 1.54. The Hall–Kier alpha value is -1.75. The number of nitrogens with one attached hydrogen (secondary N) is 2. The number of halogens is 2. The molecular weight excluding hydrogens is 323 g/mol. The Bertz CT molecular complexity index is 645. The second-order valence-electron chi connectivity index (χ2n) is 4.63. The van der Waals surface area contributed by atoms with Crippen molar-refractivity contribution in [1.29, 1.82) is 0 Å². The third-order valence-electron chi connectivity index (χ3n) is 2.96. The maximum atomic E-state index is 11.9. The first-order valence-corrected chi connectivity index (χ1v) is 7.42. The molecule has 116 valence electrons. The van der Waals surface area contributed by atoms with Gasteiger partial charge in [0.15, 0.2) is 0 Å². The molecule has 0 spiro atoms. The first-order chi connectivity index (χ1) is 10.6. The quantitative estimate of drug-likeness (QED) is 0.843. The minimum atomic E-state index is -0.143. The highest BCUT2D eigenvalue weighted by Gasteiger charge is 2.05. The number of carbonyl (C=O) groups is 1. The van der Waals surface area contributed by atoms with E-state index in [1.165, 1.54) is 0 Å². The van der Waals surface area contributed by atoms with E-state index < -0.39 is 0 Å². The van der Waals surface area contributed by atoms with Crippen LogP contribution in [-0.4, -0.2) is 19.6 Å². The molecule has 2 rings (SSSR count). The van der Waals surface area contributed by atoms with Gasteiger partial charge in [0, 0.05) is 17.3 Å². The molecule has 0 aliphatic heterocycles. The zero-order valence-corrected chi connectivity index (χ0v) is 13.5. The smallest absolute Gasteiger partial charge is 0.238 e. The Kier molecular flexibility index (Phi) is 6.07. The molecule has 0 saturated carbocycles. The van der Waals surface area contributed by atoms with Gasteiger partial charge in [0.25, 0.3) is 0 Å². The second-order valence-corrected chi connectivity index (χ2v) is 5.47.